The summed E-state index contributed by atoms with van der Waals surface area (Å²) in [6, 6.07) is 5.55. The number of carbonyl (C=O) groups excluding carboxylic acids is 1. The second-order valence-electron chi connectivity index (χ2n) is 4.55. The number of ether oxygens (including phenoxy) is 1. The van der Waals surface area contributed by atoms with E-state index in [2.05, 4.69) is 6.92 Å². The highest BCUT2D eigenvalue weighted by Gasteiger charge is 2.03. The van der Waals surface area contributed by atoms with Gasteiger partial charge in [0.15, 0.2) is 0 Å². The van der Waals surface area contributed by atoms with Crippen molar-refractivity contribution in [3.05, 3.63) is 29.3 Å². The maximum Gasteiger partial charge on any atom is 0.305 e. The number of phenols is 1. The maximum absolute atomic E-state index is 11.4. The number of aromatic hydroxyl groups is 1. The normalized spacial score (nSPS) is 10.3. The van der Waals surface area contributed by atoms with Crippen LogP contribution in [-0.2, 0) is 16.0 Å². The van der Waals surface area contributed by atoms with Crippen LogP contribution >= 0.6 is 0 Å². The quantitative estimate of drug-likeness (QED) is 0.596. The summed E-state index contributed by atoms with van der Waals surface area (Å²) in [5.41, 5.74) is 2.02. The Bertz CT molecular complexity index is 385. The average Bonchev–Trinajstić information content (AvgIpc) is 2.34. The van der Waals surface area contributed by atoms with Crippen LogP contribution in [0.5, 0.6) is 5.75 Å². The van der Waals surface area contributed by atoms with Crippen LogP contribution in [0.1, 0.15) is 43.7 Å². The van der Waals surface area contributed by atoms with Crippen LogP contribution in [0.3, 0.4) is 0 Å². The van der Waals surface area contributed by atoms with Crippen LogP contribution < -0.4 is 0 Å². The average molecular weight is 250 g/mol. The van der Waals surface area contributed by atoms with Crippen molar-refractivity contribution in [2.24, 2.45) is 0 Å². The van der Waals surface area contributed by atoms with Crippen LogP contribution in [0.4, 0.5) is 0 Å². The topological polar surface area (TPSA) is 46.5 Å². The Kier molecular flexibility index (Phi) is 6.26. The van der Waals surface area contributed by atoms with E-state index in [0.717, 1.165) is 36.8 Å². The van der Waals surface area contributed by atoms with Crippen LogP contribution in [0.2, 0.25) is 0 Å². The van der Waals surface area contributed by atoms with E-state index in [4.69, 9.17) is 4.74 Å². The first-order valence-corrected chi connectivity index (χ1v) is 6.57. The molecule has 0 bridgehead atoms. The minimum atomic E-state index is -0.112. The zero-order valence-electron chi connectivity index (χ0n) is 11.2. The standard InChI is InChI=1S/C15H22O3/c1-3-4-10-18-15(17)7-5-6-13-8-9-14(16)12(2)11-13/h8-9,11,16H,3-7,10H2,1-2H3. The van der Waals surface area contributed by atoms with Gasteiger partial charge in [-0.25, -0.2) is 0 Å². The molecule has 3 heteroatoms. The second-order valence-corrected chi connectivity index (χ2v) is 4.55. The van der Waals surface area contributed by atoms with Gasteiger partial charge in [0.1, 0.15) is 5.75 Å². The molecule has 100 valence electrons. The van der Waals surface area contributed by atoms with Crippen LogP contribution in [0.25, 0.3) is 0 Å². The number of hydrogen-bond acceptors (Lipinski definition) is 3. The predicted octanol–water partition coefficient (Wildman–Crippen LogP) is 3.37. The third-order valence-electron chi connectivity index (χ3n) is 2.87. The highest BCUT2D eigenvalue weighted by Crippen LogP contribution is 2.18. The lowest BCUT2D eigenvalue weighted by atomic mass is 10.1. The maximum atomic E-state index is 11.4. The summed E-state index contributed by atoms with van der Waals surface area (Å²) in [7, 11) is 0. The third-order valence-corrected chi connectivity index (χ3v) is 2.87. The number of carbonyl (C=O) groups is 1. The van der Waals surface area contributed by atoms with E-state index in [1.54, 1.807) is 6.07 Å². The van der Waals surface area contributed by atoms with Crippen molar-refractivity contribution < 1.29 is 14.6 Å². The number of unbranched alkanes of at least 4 members (excludes halogenated alkanes) is 1. The van der Waals surface area contributed by atoms with E-state index in [9.17, 15) is 9.90 Å². The molecule has 0 aliphatic carbocycles. The first-order chi connectivity index (χ1) is 8.63. The highest BCUT2D eigenvalue weighted by molar-refractivity contribution is 5.69. The van der Waals surface area contributed by atoms with Crippen molar-refractivity contribution in [1.29, 1.82) is 0 Å². The van der Waals surface area contributed by atoms with Gasteiger partial charge in [0.25, 0.3) is 0 Å². The SMILES string of the molecule is CCCCOC(=O)CCCc1ccc(O)c(C)c1. The number of esters is 1. The van der Waals surface area contributed by atoms with Gasteiger partial charge in [-0.15, -0.1) is 0 Å². The Morgan fingerprint density at radius 1 is 1.33 bits per heavy atom. The molecule has 1 aromatic rings. The first kappa shape index (κ1) is 14.6. The fourth-order valence-corrected chi connectivity index (χ4v) is 1.71. The van der Waals surface area contributed by atoms with Gasteiger partial charge in [0.05, 0.1) is 6.61 Å². The van der Waals surface area contributed by atoms with Crippen LogP contribution in [-0.4, -0.2) is 17.7 Å². The number of rotatable bonds is 7. The molecular weight excluding hydrogens is 228 g/mol. The molecule has 1 N–H and O–H groups in total. The van der Waals surface area contributed by atoms with Crippen molar-refractivity contribution in [3.63, 3.8) is 0 Å². The van der Waals surface area contributed by atoms with Crippen molar-refractivity contribution in [1.82, 2.24) is 0 Å². The van der Waals surface area contributed by atoms with E-state index in [1.165, 1.54) is 0 Å². The molecule has 0 spiro atoms. The van der Waals surface area contributed by atoms with Gasteiger partial charge in [-0.2, -0.15) is 0 Å². The number of aryl methyl sites for hydroxylation is 2. The molecule has 0 atom stereocenters. The monoisotopic (exact) mass is 250 g/mol. The molecule has 0 aliphatic heterocycles. The largest absolute Gasteiger partial charge is 0.508 e. The van der Waals surface area contributed by atoms with Crippen molar-refractivity contribution in [2.45, 2.75) is 46.0 Å². The van der Waals surface area contributed by atoms with Crippen molar-refractivity contribution in [2.75, 3.05) is 6.61 Å². The molecule has 0 saturated carbocycles. The van der Waals surface area contributed by atoms with Crippen molar-refractivity contribution in [3.8, 4) is 5.75 Å². The highest BCUT2D eigenvalue weighted by atomic mass is 16.5. The summed E-state index contributed by atoms with van der Waals surface area (Å²) in [4.78, 5) is 11.4. The van der Waals surface area contributed by atoms with Gasteiger partial charge < -0.3 is 9.84 Å². The van der Waals surface area contributed by atoms with E-state index in [-0.39, 0.29) is 5.97 Å². The van der Waals surface area contributed by atoms with Crippen LogP contribution in [0, 0.1) is 6.92 Å². The van der Waals surface area contributed by atoms with Gasteiger partial charge in [0, 0.05) is 6.42 Å². The Morgan fingerprint density at radius 2 is 2.11 bits per heavy atom. The molecular formula is C15H22O3. The fraction of sp³-hybridized carbons (Fsp3) is 0.533. The summed E-state index contributed by atoms with van der Waals surface area (Å²) < 4.78 is 5.08. The van der Waals surface area contributed by atoms with E-state index >= 15 is 0 Å². The Hall–Kier alpha value is -1.51. The second kappa shape index (κ2) is 7.75. The lowest BCUT2D eigenvalue weighted by Crippen LogP contribution is -2.05. The van der Waals surface area contributed by atoms with Gasteiger partial charge >= 0.3 is 5.97 Å². The summed E-state index contributed by atoms with van der Waals surface area (Å²) in [5.74, 6) is 0.205. The Balaban J connectivity index is 2.24. The summed E-state index contributed by atoms with van der Waals surface area (Å²) >= 11 is 0. The Morgan fingerprint density at radius 3 is 2.78 bits per heavy atom. The fourth-order valence-electron chi connectivity index (χ4n) is 1.71. The summed E-state index contributed by atoms with van der Waals surface area (Å²) in [6.45, 7) is 4.48. The number of phenolic OH excluding ortho intramolecular Hbond substituents is 1. The molecule has 0 aromatic heterocycles. The number of benzene rings is 1. The molecule has 1 aromatic carbocycles. The van der Waals surface area contributed by atoms with Gasteiger partial charge in [0.2, 0.25) is 0 Å². The molecule has 0 fully saturated rings. The van der Waals surface area contributed by atoms with Gasteiger partial charge in [-0.05, 0) is 43.4 Å². The summed E-state index contributed by atoms with van der Waals surface area (Å²) in [6.07, 6.45) is 4.06. The lowest BCUT2D eigenvalue weighted by molar-refractivity contribution is -0.143. The predicted molar refractivity (Wildman–Crippen MR) is 71.6 cm³/mol. The molecule has 18 heavy (non-hydrogen) atoms. The zero-order chi connectivity index (χ0) is 13.4. The third kappa shape index (κ3) is 5.21. The molecule has 0 amide bonds. The van der Waals surface area contributed by atoms with Gasteiger partial charge in [-0.1, -0.05) is 25.5 Å². The van der Waals surface area contributed by atoms with E-state index < -0.39 is 0 Å². The first-order valence-electron chi connectivity index (χ1n) is 6.57. The molecule has 1 rings (SSSR count). The molecule has 0 unspecified atom stereocenters. The molecule has 0 heterocycles. The number of hydrogen-bond donors (Lipinski definition) is 1. The van der Waals surface area contributed by atoms with E-state index in [0.29, 0.717) is 18.8 Å². The van der Waals surface area contributed by atoms with Crippen LogP contribution in [0.15, 0.2) is 18.2 Å². The molecule has 0 saturated heterocycles. The summed E-state index contributed by atoms with van der Waals surface area (Å²) in [5, 5.41) is 9.40. The van der Waals surface area contributed by atoms with Crippen molar-refractivity contribution >= 4 is 5.97 Å². The lowest BCUT2D eigenvalue weighted by Gasteiger charge is -2.05. The molecule has 0 radical (unpaired) electrons. The van der Waals surface area contributed by atoms with E-state index in [1.807, 2.05) is 19.1 Å². The minimum absolute atomic E-state index is 0.112. The Labute approximate surface area is 109 Å². The van der Waals surface area contributed by atoms with Gasteiger partial charge in [-0.3, -0.25) is 4.79 Å². The zero-order valence-corrected chi connectivity index (χ0v) is 11.2. The minimum Gasteiger partial charge on any atom is -0.508 e. The molecule has 0 aliphatic rings. The molecule has 3 nitrogen and oxygen atoms in total. The smallest absolute Gasteiger partial charge is 0.305 e.